The second-order valence-electron chi connectivity index (χ2n) is 6.67. The zero-order chi connectivity index (χ0) is 16.8. The number of nitrogens with one attached hydrogen (secondary N) is 3. The average Bonchev–Trinajstić information content (AvgIpc) is 3.03. The van der Waals surface area contributed by atoms with Crippen LogP contribution in [0.2, 0.25) is 0 Å². The number of nitrogens with zero attached hydrogens (tertiary/aromatic N) is 1. The van der Waals surface area contributed by atoms with E-state index in [0.717, 1.165) is 32.5 Å². The molecule has 0 bridgehead atoms. The Labute approximate surface area is 143 Å². The lowest BCUT2D eigenvalue weighted by atomic mass is 10.1. The van der Waals surface area contributed by atoms with Crippen LogP contribution in [0.5, 0.6) is 0 Å². The maximum Gasteiger partial charge on any atom is 0.223 e. The van der Waals surface area contributed by atoms with E-state index in [1.165, 1.54) is 5.56 Å². The first kappa shape index (κ1) is 17.4. The number of carbonyl (C=O) groups excluding carboxylic acids is 1. The highest BCUT2D eigenvalue weighted by Crippen LogP contribution is 2.13. The summed E-state index contributed by atoms with van der Waals surface area (Å²) >= 11 is 0. The quantitative estimate of drug-likeness (QED) is 0.725. The lowest BCUT2D eigenvalue weighted by Crippen LogP contribution is -2.48. The minimum atomic E-state index is -0.0289. The summed E-state index contributed by atoms with van der Waals surface area (Å²) in [6.07, 6.45) is 2.39. The van der Waals surface area contributed by atoms with Crippen molar-refractivity contribution in [2.45, 2.75) is 51.0 Å². The fourth-order valence-corrected chi connectivity index (χ4v) is 3.33. The molecule has 1 aromatic rings. The molecule has 6 heteroatoms. The van der Waals surface area contributed by atoms with Gasteiger partial charge in [0.1, 0.15) is 0 Å². The number of ether oxygens (including phenoxy) is 1. The molecule has 2 fully saturated rings. The van der Waals surface area contributed by atoms with Gasteiger partial charge < -0.3 is 10.1 Å². The third-order valence-electron chi connectivity index (χ3n) is 4.69. The van der Waals surface area contributed by atoms with Gasteiger partial charge in [0.15, 0.2) is 0 Å². The van der Waals surface area contributed by atoms with Crippen LogP contribution in [-0.4, -0.2) is 48.8 Å². The maximum atomic E-state index is 12.2. The smallest absolute Gasteiger partial charge is 0.223 e. The highest BCUT2D eigenvalue weighted by molar-refractivity contribution is 5.76. The number of benzene rings is 1. The van der Waals surface area contributed by atoms with Gasteiger partial charge in [0, 0.05) is 25.7 Å². The lowest BCUT2D eigenvalue weighted by molar-refractivity contribution is -0.127. The van der Waals surface area contributed by atoms with Crippen molar-refractivity contribution in [3.8, 4) is 0 Å². The molecule has 3 unspecified atom stereocenters. The van der Waals surface area contributed by atoms with E-state index in [0.29, 0.717) is 19.1 Å². The Bertz CT molecular complexity index is 525. The molecule has 0 spiro atoms. The van der Waals surface area contributed by atoms with Crippen LogP contribution >= 0.6 is 0 Å². The van der Waals surface area contributed by atoms with Crippen molar-refractivity contribution < 1.29 is 9.53 Å². The van der Waals surface area contributed by atoms with Crippen LogP contribution in [0.15, 0.2) is 30.3 Å². The Morgan fingerprint density at radius 3 is 2.92 bits per heavy atom. The van der Waals surface area contributed by atoms with E-state index in [4.69, 9.17) is 4.74 Å². The molecule has 132 valence electrons. The normalized spacial score (nSPS) is 28.0. The van der Waals surface area contributed by atoms with Gasteiger partial charge in [-0.1, -0.05) is 37.3 Å². The molecule has 2 aliphatic heterocycles. The summed E-state index contributed by atoms with van der Waals surface area (Å²) in [6, 6.07) is 10.9. The topological polar surface area (TPSA) is 65.6 Å². The molecular weight excluding hydrogens is 304 g/mol. The standard InChI is InChI=1S/C18H28N4O2/c1-2-15-10-17(21-20-15)19-18(23)11-16-13-22(8-9-24-16)12-14-6-4-3-5-7-14/h3-7,15-17,20-21H,2,8-13H2,1H3,(H,19,23). The van der Waals surface area contributed by atoms with Crippen LogP contribution in [0.25, 0.3) is 0 Å². The number of amides is 1. The van der Waals surface area contributed by atoms with Crippen molar-refractivity contribution in [1.29, 1.82) is 0 Å². The summed E-state index contributed by atoms with van der Waals surface area (Å²) in [5.41, 5.74) is 7.63. The first-order valence-electron chi connectivity index (χ1n) is 8.91. The average molecular weight is 332 g/mol. The van der Waals surface area contributed by atoms with Gasteiger partial charge in [-0.3, -0.25) is 15.1 Å². The minimum Gasteiger partial charge on any atom is -0.375 e. The Kier molecular flexibility index (Phi) is 6.20. The number of hydrogen-bond acceptors (Lipinski definition) is 5. The summed E-state index contributed by atoms with van der Waals surface area (Å²) in [5, 5.41) is 3.04. The summed E-state index contributed by atoms with van der Waals surface area (Å²) in [6.45, 7) is 5.46. The minimum absolute atomic E-state index is 0.0199. The predicted octanol–water partition coefficient (Wildman–Crippen LogP) is 0.996. The first-order chi connectivity index (χ1) is 11.7. The van der Waals surface area contributed by atoms with Crippen molar-refractivity contribution in [2.75, 3.05) is 19.7 Å². The number of morpholine rings is 1. The fourth-order valence-electron chi connectivity index (χ4n) is 3.33. The van der Waals surface area contributed by atoms with E-state index in [1.807, 2.05) is 6.07 Å². The Balaban J connectivity index is 1.42. The molecule has 0 radical (unpaired) electrons. The Morgan fingerprint density at radius 1 is 1.33 bits per heavy atom. The summed E-state index contributed by atoms with van der Waals surface area (Å²) in [4.78, 5) is 14.6. The van der Waals surface area contributed by atoms with E-state index < -0.39 is 0 Å². The van der Waals surface area contributed by atoms with Crippen molar-refractivity contribution in [1.82, 2.24) is 21.1 Å². The monoisotopic (exact) mass is 332 g/mol. The SMILES string of the molecule is CCC1CC(NC(=O)CC2CN(Cc3ccccc3)CCO2)NN1. The van der Waals surface area contributed by atoms with Gasteiger partial charge in [-0.25, -0.2) is 5.43 Å². The molecule has 2 saturated heterocycles. The molecule has 0 saturated carbocycles. The van der Waals surface area contributed by atoms with Gasteiger partial charge in [0.25, 0.3) is 0 Å². The van der Waals surface area contributed by atoms with Crippen LogP contribution < -0.4 is 16.2 Å². The molecule has 6 nitrogen and oxygen atoms in total. The Hall–Kier alpha value is -1.47. The number of rotatable bonds is 6. The van der Waals surface area contributed by atoms with Crippen molar-refractivity contribution in [2.24, 2.45) is 0 Å². The first-order valence-corrected chi connectivity index (χ1v) is 8.91. The van der Waals surface area contributed by atoms with Gasteiger partial charge in [0.2, 0.25) is 5.91 Å². The third kappa shape index (κ3) is 5.01. The van der Waals surface area contributed by atoms with E-state index in [1.54, 1.807) is 0 Å². The molecule has 1 amide bonds. The molecule has 3 atom stereocenters. The van der Waals surface area contributed by atoms with E-state index >= 15 is 0 Å². The largest absolute Gasteiger partial charge is 0.375 e. The molecule has 0 aliphatic carbocycles. The predicted molar refractivity (Wildman–Crippen MR) is 93.0 cm³/mol. The Morgan fingerprint density at radius 2 is 2.17 bits per heavy atom. The molecule has 2 heterocycles. The number of hydrazine groups is 1. The van der Waals surface area contributed by atoms with Crippen LogP contribution in [-0.2, 0) is 16.1 Å². The van der Waals surface area contributed by atoms with Crippen LogP contribution in [0, 0.1) is 0 Å². The molecule has 24 heavy (non-hydrogen) atoms. The molecule has 3 N–H and O–H groups in total. The van der Waals surface area contributed by atoms with Crippen LogP contribution in [0.3, 0.4) is 0 Å². The molecule has 0 aromatic heterocycles. The summed E-state index contributed by atoms with van der Waals surface area (Å²) in [5.74, 6) is 0.0533. The second kappa shape index (κ2) is 8.58. The zero-order valence-corrected chi connectivity index (χ0v) is 14.3. The van der Waals surface area contributed by atoms with E-state index in [2.05, 4.69) is 52.3 Å². The van der Waals surface area contributed by atoms with Gasteiger partial charge in [-0.2, -0.15) is 0 Å². The van der Waals surface area contributed by atoms with Crippen molar-refractivity contribution in [3.63, 3.8) is 0 Å². The van der Waals surface area contributed by atoms with Crippen molar-refractivity contribution >= 4 is 5.91 Å². The van der Waals surface area contributed by atoms with Gasteiger partial charge in [-0.15, -0.1) is 0 Å². The van der Waals surface area contributed by atoms with E-state index in [-0.39, 0.29) is 18.2 Å². The molecule has 1 aromatic carbocycles. The molecule has 2 aliphatic rings. The lowest BCUT2D eigenvalue weighted by Gasteiger charge is -2.32. The van der Waals surface area contributed by atoms with Crippen LogP contribution in [0.4, 0.5) is 0 Å². The van der Waals surface area contributed by atoms with Crippen LogP contribution in [0.1, 0.15) is 31.7 Å². The van der Waals surface area contributed by atoms with Gasteiger partial charge in [0.05, 0.1) is 25.3 Å². The van der Waals surface area contributed by atoms with Gasteiger partial charge in [-0.05, 0) is 18.4 Å². The maximum absolute atomic E-state index is 12.2. The van der Waals surface area contributed by atoms with Gasteiger partial charge >= 0.3 is 0 Å². The second-order valence-corrected chi connectivity index (χ2v) is 6.67. The fraction of sp³-hybridized carbons (Fsp3) is 0.611. The summed E-state index contributed by atoms with van der Waals surface area (Å²) in [7, 11) is 0. The number of carbonyl (C=O) groups is 1. The molecular formula is C18H28N4O2. The molecule has 3 rings (SSSR count). The van der Waals surface area contributed by atoms with Crippen molar-refractivity contribution in [3.05, 3.63) is 35.9 Å². The van der Waals surface area contributed by atoms with E-state index in [9.17, 15) is 4.79 Å². The number of hydrogen-bond donors (Lipinski definition) is 3. The summed E-state index contributed by atoms with van der Waals surface area (Å²) < 4.78 is 5.78. The zero-order valence-electron chi connectivity index (χ0n) is 14.3. The highest BCUT2D eigenvalue weighted by atomic mass is 16.5. The third-order valence-corrected chi connectivity index (χ3v) is 4.69. The highest BCUT2D eigenvalue weighted by Gasteiger charge is 2.26.